The maximum atomic E-state index is 13.1. The summed E-state index contributed by atoms with van der Waals surface area (Å²) in [6.07, 6.45) is 1.90. The second kappa shape index (κ2) is 10.3. The fourth-order valence-corrected chi connectivity index (χ4v) is 4.30. The molecule has 0 radical (unpaired) electrons. The van der Waals surface area contributed by atoms with Crippen LogP contribution in [0.1, 0.15) is 49.8 Å². The number of sulfonamides is 1. The minimum absolute atomic E-state index is 0.0205. The van der Waals surface area contributed by atoms with E-state index in [4.69, 9.17) is 4.74 Å². The molecule has 7 nitrogen and oxygen atoms in total. The minimum atomic E-state index is -6.01. The number of nitrogens with one attached hydrogen (secondary N) is 2. The Balaban J connectivity index is 2.02. The van der Waals surface area contributed by atoms with E-state index in [1.807, 2.05) is 13.8 Å². The summed E-state index contributed by atoms with van der Waals surface area (Å²) in [4.78, 5) is 25.8. The van der Waals surface area contributed by atoms with Gasteiger partial charge in [0.15, 0.2) is 0 Å². The molecule has 194 valence electrons. The average molecular weight is 525 g/mol. The number of unbranched alkanes of at least 4 members (excludes halogenated alkanes) is 1. The van der Waals surface area contributed by atoms with Crippen LogP contribution in [0.15, 0.2) is 54.1 Å². The third-order valence-corrected chi connectivity index (χ3v) is 6.93. The van der Waals surface area contributed by atoms with Crippen molar-refractivity contribution in [2.24, 2.45) is 0 Å². The molecule has 2 aromatic carbocycles. The Hall–Kier alpha value is -3.34. The first-order chi connectivity index (χ1) is 16.8. The van der Waals surface area contributed by atoms with E-state index in [1.54, 1.807) is 55.5 Å². The van der Waals surface area contributed by atoms with Gasteiger partial charge in [0.1, 0.15) is 11.3 Å². The first kappa shape index (κ1) is 27.3. The van der Waals surface area contributed by atoms with Gasteiger partial charge in [-0.2, -0.15) is 21.6 Å². The van der Waals surface area contributed by atoms with Gasteiger partial charge in [0, 0.05) is 6.42 Å². The molecule has 0 saturated carbocycles. The van der Waals surface area contributed by atoms with E-state index in [2.05, 4.69) is 5.32 Å². The fourth-order valence-electron chi connectivity index (χ4n) is 3.84. The van der Waals surface area contributed by atoms with Gasteiger partial charge in [-0.1, -0.05) is 55.3 Å². The normalized spacial score (nSPS) is 18.6. The molecule has 11 heteroatoms. The number of ether oxygens (including phenoxy) is 1. The molecule has 1 aliphatic rings. The maximum Gasteiger partial charge on any atom is 0.516 e. The van der Waals surface area contributed by atoms with Crippen LogP contribution in [0.4, 0.5) is 13.2 Å². The highest BCUT2D eigenvalue weighted by atomic mass is 32.2. The lowest BCUT2D eigenvalue weighted by Crippen LogP contribution is -2.51. The topological polar surface area (TPSA) is 102 Å². The number of aryl methyl sites for hydroxylation is 1. The highest BCUT2D eigenvalue weighted by Crippen LogP contribution is 2.39. The lowest BCUT2D eigenvalue weighted by atomic mass is 9.78. The van der Waals surface area contributed by atoms with Crippen molar-refractivity contribution in [3.8, 4) is 5.75 Å². The van der Waals surface area contributed by atoms with Crippen LogP contribution in [0.25, 0.3) is 5.57 Å². The van der Waals surface area contributed by atoms with Crippen LogP contribution in [-0.2, 0) is 25.2 Å². The zero-order valence-electron chi connectivity index (χ0n) is 20.0. The van der Waals surface area contributed by atoms with E-state index < -0.39 is 38.5 Å². The van der Waals surface area contributed by atoms with Crippen molar-refractivity contribution >= 4 is 27.4 Å². The van der Waals surface area contributed by atoms with Crippen molar-refractivity contribution in [1.29, 1.82) is 0 Å². The van der Waals surface area contributed by atoms with Crippen LogP contribution in [0.5, 0.6) is 5.75 Å². The molecule has 0 aliphatic carbocycles. The number of carbonyl (C=O) groups excluding carboxylic acids is 2. The van der Waals surface area contributed by atoms with Crippen molar-refractivity contribution in [1.82, 2.24) is 10.0 Å². The number of carbonyl (C=O) groups is 2. The van der Waals surface area contributed by atoms with Gasteiger partial charge in [-0.05, 0) is 49.1 Å². The molecular formula is C25H27F3N2O5S. The van der Waals surface area contributed by atoms with Gasteiger partial charge in [0.25, 0.3) is 11.8 Å². The van der Waals surface area contributed by atoms with Gasteiger partial charge in [0.2, 0.25) is 0 Å². The van der Waals surface area contributed by atoms with Gasteiger partial charge < -0.3 is 10.1 Å². The third-order valence-electron chi connectivity index (χ3n) is 5.87. The Morgan fingerprint density at radius 2 is 1.72 bits per heavy atom. The molecule has 2 aromatic rings. The molecule has 1 aliphatic heterocycles. The van der Waals surface area contributed by atoms with Crippen molar-refractivity contribution in [3.63, 3.8) is 0 Å². The predicted octanol–water partition coefficient (Wildman–Crippen LogP) is 4.33. The first-order valence-electron chi connectivity index (χ1n) is 11.3. The minimum Gasteiger partial charge on any atom is -0.494 e. The summed E-state index contributed by atoms with van der Waals surface area (Å²) >= 11 is 0. The van der Waals surface area contributed by atoms with Crippen LogP contribution in [0.2, 0.25) is 0 Å². The largest absolute Gasteiger partial charge is 0.516 e. The molecule has 1 atom stereocenters. The molecule has 0 spiro atoms. The second-order valence-electron chi connectivity index (χ2n) is 8.79. The Bertz CT molecular complexity index is 1270. The van der Waals surface area contributed by atoms with E-state index >= 15 is 0 Å². The van der Waals surface area contributed by atoms with Crippen molar-refractivity contribution in [2.75, 3.05) is 6.61 Å². The number of amides is 2. The standard InChI is InChI=1S/C25H27F3N2O5S/c1-4-5-14-35-19-12-10-18(11-13-19)24(3)15-20(17-8-6-16(2)7-9-17)21(22(31)29-24)23(32)30-36(33,34)25(26,27)28/h6-13H,4-5,14-15H2,1-3H3,(H,29,31)(H,30,32)/t24-/m0/s1. The fraction of sp³-hybridized carbons (Fsp3) is 0.360. The number of rotatable bonds is 8. The molecule has 3 rings (SSSR count). The lowest BCUT2D eigenvalue weighted by Gasteiger charge is -2.37. The Morgan fingerprint density at radius 1 is 1.11 bits per heavy atom. The van der Waals surface area contributed by atoms with Gasteiger partial charge >= 0.3 is 15.5 Å². The van der Waals surface area contributed by atoms with Crippen molar-refractivity contribution < 1.29 is 35.9 Å². The number of hydrogen-bond donors (Lipinski definition) is 2. The number of hydrogen-bond acceptors (Lipinski definition) is 5. The quantitative estimate of drug-likeness (QED) is 0.396. The summed E-state index contributed by atoms with van der Waals surface area (Å²) in [5, 5.41) is 2.67. The number of halogens is 3. The smallest absolute Gasteiger partial charge is 0.494 e. The van der Waals surface area contributed by atoms with Crippen LogP contribution in [-0.4, -0.2) is 32.3 Å². The van der Waals surface area contributed by atoms with Crippen LogP contribution >= 0.6 is 0 Å². The summed E-state index contributed by atoms with van der Waals surface area (Å²) in [6.45, 7) is 6.14. The van der Waals surface area contributed by atoms with Crippen molar-refractivity contribution in [3.05, 3.63) is 70.8 Å². The molecule has 0 aromatic heterocycles. The van der Waals surface area contributed by atoms with Gasteiger partial charge in [-0.25, -0.2) is 4.72 Å². The SMILES string of the molecule is CCCCOc1ccc([C@]2(C)CC(c3ccc(C)cc3)=C(C(=O)NS(=O)(=O)C(F)(F)F)C(=O)N2)cc1. The maximum absolute atomic E-state index is 13.1. The highest BCUT2D eigenvalue weighted by molar-refractivity contribution is 7.90. The second-order valence-corrected chi connectivity index (χ2v) is 10.5. The number of benzene rings is 2. The zero-order valence-corrected chi connectivity index (χ0v) is 20.8. The highest BCUT2D eigenvalue weighted by Gasteiger charge is 2.49. The zero-order chi connectivity index (χ0) is 26.7. The Kier molecular flexibility index (Phi) is 7.82. The van der Waals surface area contributed by atoms with Crippen LogP contribution < -0.4 is 14.8 Å². The molecule has 0 unspecified atom stereocenters. The average Bonchev–Trinajstić information content (AvgIpc) is 2.78. The van der Waals surface area contributed by atoms with E-state index in [1.165, 1.54) is 0 Å². The van der Waals surface area contributed by atoms with Crippen LogP contribution in [0.3, 0.4) is 0 Å². The molecule has 0 bridgehead atoms. The van der Waals surface area contributed by atoms with E-state index in [9.17, 15) is 31.2 Å². The van der Waals surface area contributed by atoms with Gasteiger partial charge in [-0.15, -0.1) is 0 Å². The van der Waals surface area contributed by atoms with Gasteiger partial charge in [-0.3, -0.25) is 9.59 Å². The van der Waals surface area contributed by atoms with E-state index in [-0.39, 0.29) is 12.0 Å². The monoisotopic (exact) mass is 524 g/mol. The molecule has 2 N–H and O–H groups in total. The summed E-state index contributed by atoms with van der Waals surface area (Å²) < 4.78 is 68.4. The predicted molar refractivity (Wildman–Crippen MR) is 128 cm³/mol. The summed E-state index contributed by atoms with van der Waals surface area (Å²) in [7, 11) is -6.01. The molecule has 36 heavy (non-hydrogen) atoms. The Labute approximate surface area is 207 Å². The summed E-state index contributed by atoms with van der Waals surface area (Å²) in [6, 6.07) is 13.7. The molecule has 0 fully saturated rings. The van der Waals surface area contributed by atoms with E-state index in [0.717, 1.165) is 23.1 Å². The van der Waals surface area contributed by atoms with Crippen LogP contribution in [0, 0.1) is 6.92 Å². The summed E-state index contributed by atoms with van der Waals surface area (Å²) in [5.74, 6) is -2.00. The Morgan fingerprint density at radius 3 is 2.28 bits per heavy atom. The molecule has 2 amide bonds. The first-order valence-corrected chi connectivity index (χ1v) is 12.7. The molecular weight excluding hydrogens is 497 g/mol. The van der Waals surface area contributed by atoms with Gasteiger partial charge in [0.05, 0.1) is 12.1 Å². The number of alkyl halides is 3. The molecule has 0 saturated heterocycles. The lowest BCUT2D eigenvalue weighted by molar-refractivity contribution is -0.124. The van der Waals surface area contributed by atoms with E-state index in [0.29, 0.717) is 23.5 Å². The summed E-state index contributed by atoms with van der Waals surface area (Å²) in [5.41, 5.74) is -5.35. The molecule has 1 heterocycles. The third kappa shape index (κ3) is 5.89. The van der Waals surface area contributed by atoms with Crippen molar-refractivity contribution in [2.45, 2.75) is 51.1 Å².